The molecule has 21 heavy (non-hydrogen) atoms. The summed E-state index contributed by atoms with van der Waals surface area (Å²) in [6, 6.07) is 0.712. The highest BCUT2D eigenvalue weighted by Crippen LogP contribution is 2.26. The van der Waals surface area contributed by atoms with Gasteiger partial charge in [-0.3, -0.25) is 9.69 Å². The summed E-state index contributed by atoms with van der Waals surface area (Å²) < 4.78 is 0. The summed E-state index contributed by atoms with van der Waals surface area (Å²) in [5.74, 6) is 1.09. The number of rotatable bonds is 3. The van der Waals surface area contributed by atoms with E-state index in [0.717, 1.165) is 45.7 Å². The van der Waals surface area contributed by atoms with Gasteiger partial charge in [0, 0.05) is 45.2 Å². The topological polar surface area (TPSA) is 35.6 Å². The van der Waals surface area contributed by atoms with E-state index in [1.54, 1.807) is 0 Å². The molecule has 0 aromatic heterocycles. The maximum Gasteiger partial charge on any atom is 0.222 e. The van der Waals surface area contributed by atoms with E-state index in [9.17, 15) is 4.79 Å². The quantitative estimate of drug-likeness (QED) is 0.807. The van der Waals surface area contributed by atoms with Gasteiger partial charge in [0.25, 0.3) is 0 Å². The van der Waals surface area contributed by atoms with Crippen molar-refractivity contribution in [3.05, 3.63) is 0 Å². The van der Waals surface area contributed by atoms with E-state index in [2.05, 4.69) is 15.1 Å². The van der Waals surface area contributed by atoms with Crippen molar-refractivity contribution >= 4 is 5.91 Å². The van der Waals surface area contributed by atoms with Gasteiger partial charge in [-0.2, -0.15) is 0 Å². The molecular weight excluding hydrogens is 262 g/mol. The number of amides is 1. The van der Waals surface area contributed by atoms with Crippen molar-refractivity contribution < 1.29 is 4.79 Å². The first-order chi connectivity index (χ1) is 10.3. The molecule has 0 aromatic rings. The first kappa shape index (κ1) is 15.3. The van der Waals surface area contributed by atoms with Crippen molar-refractivity contribution in [3.63, 3.8) is 0 Å². The maximum absolute atomic E-state index is 12.5. The molecule has 3 rings (SSSR count). The van der Waals surface area contributed by atoms with E-state index in [1.165, 1.54) is 44.9 Å². The number of hydrogen-bond acceptors (Lipinski definition) is 3. The minimum atomic E-state index is 0.422. The molecule has 0 radical (unpaired) electrons. The Kier molecular flexibility index (Phi) is 5.53. The second kappa shape index (κ2) is 7.59. The Labute approximate surface area is 129 Å². The standard InChI is InChI=1S/C17H31N3O/c21-17(13-15-5-3-1-2-4-6-15)20-11-9-19(10-12-20)16-7-8-18-14-16/h15-16,18H,1-14H2. The molecule has 1 unspecified atom stereocenters. The van der Waals surface area contributed by atoms with Gasteiger partial charge in [0.2, 0.25) is 5.91 Å². The van der Waals surface area contributed by atoms with E-state index in [1.807, 2.05) is 0 Å². The number of carbonyl (C=O) groups excluding carboxylic acids is 1. The average Bonchev–Trinajstić information content (AvgIpc) is 2.93. The fourth-order valence-electron chi connectivity index (χ4n) is 4.23. The van der Waals surface area contributed by atoms with Gasteiger partial charge < -0.3 is 10.2 Å². The number of nitrogens with zero attached hydrogens (tertiary/aromatic N) is 2. The molecular formula is C17H31N3O. The molecule has 4 heteroatoms. The highest BCUT2D eigenvalue weighted by Gasteiger charge is 2.28. The van der Waals surface area contributed by atoms with Crippen LogP contribution in [0.5, 0.6) is 0 Å². The number of carbonyl (C=O) groups is 1. The Bertz CT molecular complexity index is 325. The zero-order valence-electron chi connectivity index (χ0n) is 13.4. The van der Waals surface area contributed by atoms with Crippen molar-refractivity contribution in [2.24, 2.45) is 5.92 Å². The Morgan fingerprint density at radius 3 is 2.29 bits per heavy atom. The third-order valence-corrected chi connectivity index (χ3v) is 5.66. The lowest BCUT2D eigenvalue weighted by atomic mass is 9.96. The van der Waals surface area contributed by atoms with Crippen LogP contribution >= 0.6 is 0 Å². The largest absolute Gasteiger partial charge is 0.340 e. The summed E-state index contributed by atoms with van der Waals surface area (Å²) in [6.07, 6.45) is 10.1. The Morgan fingerprint density at radius 2 is 1.67 bits per heavy atom. The molecule has 120 valence electrons. The minimum absolute atomic E-state index is 0.422. The van der Waals surface area contributed by atoms with Crippen molar-refractivity contribution in [3.8, 4) is 0 Å². The smallest absolute Gasteiger partial charge is 0.222 e. The summed E-state index contributed by atoms with van der Waals surface area (Å²) in [4.78, 5) is 17.2. The van der Waals surface area contributed by atoms with Crippen molar-refractivity contribution in [2.45, 2.75) is 57.4 Å². The summed E-state index contributed by atoms with van der Waals surface area (Å²) in [5, 5.41) is 3.44. The Hall–Kier alpha value is -0.610. The molecule has 0 aromatic carbocycles. The second-order valence-corrected chi connectivity index (χ2v) is 7.13. The van der Waals surface area contributed by atoms with Crippen LogP contribution in [0.2, 0.25) is 0 Å². The fraction of sp³-hybridized carbons (Fsp3) is 0.941. The van der Waals surface area contributed by atoms with Gasteiger partial charge >= 0.3 is 0 Å². The third-order valence-electron chi connectivity index (χ3n) is 5.66. The summed E-state index contributed by atoms with van der Waals surface area (Å²) in [5.41, 5.74) is 0. The molecule has 1 N–H and O–H groups in total. The first-order valence-corrected chi connectivity index (χ1v) is 9.05. The molecule has 2 heterocycles. The molecule has 2 aliphatic heterocycles. The Morgan fingerprint density at radius 1 is 0.952 bits per heavy atom. The molecule has 4 nitrogen and oxygen atoms in total. The van der Waals surface area contributed by atoms with E-state index in [-0.39, 0.29) is 0 Å². The molecule has 1 amide bonds. The van der Waals surface area contributed by atoms with Crippen LogP contribution in [0.25, 0.3) is 0 Å². The Balaban J connectivity index is 1.41. The first-order valence-electron chi connectivity index (χ1n) is 9.05. The SMILES string of the molecule is O=C(CC1CCCCCC1)N1CCN(C2CCNC2)CC1. The molecule has 1 atom stereocenters. The molecule has 2 saturated heterocycles. The van der Waals surface area contributed by atoms with E-state index in [4.69, 9.17) is 0 Å². The highest BCUT2D eigenvalue weighted by atomic mass is 16.2. The summed E-state index contributed by atoms with van der Waals surface area (Å²) in [7, 11) is 0. The van der Waals surface area contributed by atoms with Crippen molar-refractivity contribution in [1.29, 1.82) is 0 Å². The normalized spacial score (nSPS) is 29.5. The zero-order chi connectivity index (χ0) is 14.5. The molecule has 1 aliphatic carbocycles. The van der Waals surface area contributed by atoms with Crippen LogP contribution in [-0.4, -0.2) is 61.0 Å². The van der Waals surface area contributed by atoms with Crippen LogP contribution in [0.15, 0.2) is 0 Å². The van der Waals surface area contributed by atoms with E-state index >= 15 is 0 Å². The van der Waals surface area contributed by atoms with Crippen molar-refractivity contribution in [1.82, 2.24) is 15.1 Å². The van der Waals surface area contributed by atoms with Gasteiger partial charge in [-0.15, -0.1) is 0 Å². The average molecular weight is 293 g/mol. The van der Waals surface area contributed by atoms with Gasteiger partial charge in [0.15, 0.2) is 0 Å². The van der Waals surface area contributed by atoms with Gasteiger partial charge in [-0.05, 0) is 31.7 Å². The van der Waals surface area contributed by atoms with Gasteiger partial charge in [-0.1, -0.05) is 25.7 Å². The number of hydrogen-bond donors (Lipinski definition) is 1. The number of nitrogens with one attached hydrogen (secondary N) is 1. The van der Waals surface area contributed by atoms with Crippen LogP contribution in [0.1, 0.15) is 51.4 Å². The predicted molar refractivity (Wildman–Crippen MR) is 85.2 cm³/mol. The third kappa shape index (κ3) is 4.19. The van der Waals surface area contributed by atoms with Gasteiger partial charge in [0.05, 0.1) is 0 Å². The molecule has 0 spiro atoms. The van der Waals surface area contributed by atoms with Crippen LogP contribution in [0, 0.1) is 5.92 Å². The summed E-state index contributed by atoms with van der Waals surface area (Å²) >= 11 is 0. The van der Waals surface area contributed by atoms with Crippen LogP contribution in [-0.2, 0) is 4.79 Å². The zero-order valence-corrected chi connectivity index (χ0v) is 13.4. The van der Waals surface area contributed by atoms with Crippen LogP contribution < -0.4 is 5.32 Å². The van der Waals surface area contributed by atoms with E-state index < -0.39 is 0 Å². The lowest BCUT2D eigenvalue weighted by Crippen LogP contribution is -2.52. The minimum Gasteiger partial charge on any atom is -0.340 e. The second-order valence-electron chi connectivity index (χ2n) is 7.13. The van der Waals surface area contributed by atoms with Crippen LogP contribution in [0.4, 0.5) is 0 Å². The maximum atomic E-state index is 12.5. The lowest BCUT2D eigenvalue weighted by molar-refractivity contribution is -0.134. The summed E-state index contributed by atoms with van der Waals surface area (Å²) in [6.45, 7) is 6.33. The van der Waals surface area contributed by atoms with E-state index in [0.29, 0.717) is 17.9 Å². The molecule has 3 fully saturated rings. The fourth-order valence-corrected chi connectivity index (χ4v) is 4.23. The molecule has 1 saturated carbocycles. The number of piperazine rings is 1. The highest BCUT2D eigenvalue weighted by molar-refractivity contribution is 5.76. The predicted octanol–water partition coefficient (Wildman–Crippen LogP) is 1.85. The lowest BCUT2D eigenvalue weighted by Gasteiger charge is -2.38. The van der Waals surface area contributed by atoms with Crippen molar-refractivity contribution in [2.75, 3.05) is 39.3 Å². The monoisotopic (exact) mass is 293 g/mol. The van der Waals surface area contributed by atoms with Gasteiger partial charge in [-0.25, -0.2) is 0 Å². The molecule has 3 aliphatic rings. The van der Waals surface area contributed by atoms with Crippen LogP contribution in [0.3, 0.4) is 0 Å². The molecule has 0 bridgehead atoms. The van der Waals surface area contributed by atoms with Gasteiger partial charge in [0.1, 0.15) is 0 Å².